The fourth-order valence-electron chi connectivity index (χ4n) is 3.75. The van der Waals surface area contributed by atoms with E-state index >= 15 is 0 Å². The molecule has 2 fully saturated rings. The van der Waals surface area contributed by atoms with Crippen molar-refractivity contribution in [2.24, 2.45) is 0 Å². The summed E-state index contributed by atoms with van der Waals surface area (Å²) in [5.74, 6) is 3.34. The predicted octanol–water partition coefficient (Wildman–Crippen LogP) is 4.72. The van der Waals surface area contributed by atoms with E-state index in [-0.39, 0.29) is 11.9 Å². The Hall–Kier alpha value is -1.37. The molecule has 144 valence electrons. The third-order valence-corrected chi connectivity index (χ3v) is 8.33. The Kier molecular flexibility index (Phi) is 6.47. The van der Waals surface area contributed by atoms with Gasteiger partial charge in [-0.2, -0.15) is 0 Å². The number of benzene rings is 1. The van der Waals surface area contributed by atoms with Gasteiger partial charge in [0.25, 0.3) is 5.91 Å². The summed E-state index contributed by atoms with van der Waals surface area (Å²) in [6, 6.07) is 12.1. The first-order chi connectivity index (χ1) is 13.3. The summed E-state index contributed by atoms with van der Waals surface area (Å²) in [6.45, 7) is 2.70. The van der Waals surface area contributed by atoms with E-state index in [2.05, 4.69) is 22.3 Å². The first kappa shape index (κ1) is 19.0. The largest absolute Gasteiger partial charge is 0.468 e. The number of nitrogens with zero attached hydrogens (tertiary/aromatic N) is 1. The Labute approximate surface area is 169 Å². The van der Waals surface area contributed by atoms with Crippen molar-refractivity contribution < 1.29 is 9.21 Å². The van der Waals surface area contributed by atoms with Crippen LogP contribution in [0.15, 0.2) is 47.1 Å². The van der Waals surface area contributed by atoms with E-state index in [1.54, 1.807) is 6.26 Å². The second kappa shape index (κ2) is 9.22. The first-order valence-electron chi connectivity index (χ1n) is 9.70. The molecule has 4 nitrogen and oxygen atoms in total. The van der Waals surface area contributed by atoms with Gasteiger partial charge in [-0.15, -0.1) is 23.5 Å². The van der Waals surface area contributed by atoms with Crippen molar-refractivity contribution in [2.75, 3.05) is 31.1 Å². The van der Waals surface area contributed by atoms with Crippen LogP contribution < -0.4 is 5.32 Å². The predicted molar refractivity (Wildman–Crippen MR) is 113 cm³/mol. The Morgan fingerprint density at radius 2 is 1.85 bits per heavy atom. The van der Waals surface area contributed by atoms with Crippen LogP contribution in [0.2, 0.25) is 0 Å². The lowest BCUT2D eigenvalue weighted by Gasteiger charge is -2.33. The number of piperidine rings is 1. The van der Waals surface area contributed by atoms with Gasteiger partial charge in [0.2, 0.25) is 0 Å². The van der Waals surface area contributed by atoms with E-state index in [4.69, 9.17) is 4.42 Å². The average Bonchev–Trinajstić information content (AvgIpc) is 3.43. The van der Waals surface area contributed by atoms with Crippen molar-refractivity contribution >= 4 is 29.4 Å². The number of hydrogen-bond acceptors (Lipinski definition) is 5. The minimum Gasteiger partial charge on any atom is -0.468 e. The zero-order valence-corrected chi connectivity index (χ0v) is 17.1. The van der Waals surface area contributed by atoms with Crippen LogP contribution in [0, 0.1) is 0 Å². The van der Waals surface area contributed by atoms with Crippen LogP contribution in [-0.4, -0.2) is 41.9 Å². The molecule has 1 N–H and O–H groups in total. The smallest absolute Gasteiger partial charge is 0.251 e. The molecule has 3 heterocycles. The molecule has 0 bridgehead atoms. The van der Waals surface area contributed by atoms with Crippen LogP contribution in [0.3, 0.4) is 0 Å². The molecule has 1 atom stereocenters. The minimum atomic E-state index is -0.0122. The number of thioether (sulfide) groups is 2. The zero-order chi connectivity index (χ0) is 18.5. The summed E-state index contributed by atoms with van der Waals surface area (Å²) in [7, 11) is 0. The van der Waals surface area contributed by atoms with Crippen LogP contribution in [0.25, 0.3) is 0 Å². The number of hydrogen-bond donors (Lipinski definition) is 1. The van der Waals surface area contributed by atoms with Gasteiger partial charge in [-0.1, -0.05) is 18.6 Å². The highest BCUT2D eigenvalue weighted by Gasteiger charge is 2.25. The summed E-state index contributed by atoms with van der Waals surface area (Å²) in [4.78, 5) is 15.1. The van der Waals surface area contributed by atoms with Crippen LogP contribution in [0.4, 0.5) is 0 Å². The van der Waals surface area contributed by atoms with Gasteiger partial charge in [-0.3, -0.25) is 9.69 Å². The molecule has 27 heavy (non-hydrogen) atoms. The summed E-state index contributed by atoms with van der Waals surface area (Å²) >= 11 is 3.97. The molecule has 2 aliphatic heterocycles. The number of furan rings is 1. The van der Waals surface area contributed by atoms with E-state index in [9.17, 15) is 4.79 Å². The maximum Gasteiger partial charge on any atom is 0.251 e. The molecule has 1 aromatic carbocycles. The van der Waals surface area contributed by atoms with Gasteiger partial charge in [0.1, 0.15) is 5.76 Å². The monoisotopic (exact) mass is 402 g/mol. The molecule has 0 aliphatic carbocycles. The second-order valence-corrected chi connectivity index (χ2v) is 9.76. The molecular weight excluding hydrogens is 376 g/mol. The number of amides is 1. The van der Waals surface area contributed by atoms with Crippen LogP contribution in [0.1, 0.15) is 51.6 Å². The van der Waals surface area contributed by atoms with Crippen LogP contribution >= 0.6 is 23.5 Å². The van der Waals surface area contributed by atoms with Crippen LogP contribution in [-0.2, 0) is 0 Å². The van der Waals surface area contributed by atoms with Crippen LogP contribution in [0.5, 0.6) is 0 Å². The fraction of sp³-hybridized carbons (Fsp3) is 0.476. The van der Waals surface area contributed by atoms with Gasteiger partial charge >= 0.3 is 0 Å². The van der Waals surface area contributed by atoms with Crippen molar-refractivity contribution in [2.45, 2.75) is 29.9 Å². The Morgan fingerprint density at radius 1 is 1.11 bits per heavy atom. The lowest BCUT2D eigenvalue weighted by Crippen LogP contribution is -2.40. The molecule has 1 amide bonds. The SMILES string of the molecule is O=C(NCC(c1ccco1)N1CCCCC1)c1ccc(C2SCCS2)cc1. The fourth-order valence-corrected chi connectivity index (χ4v) is 6.61. The first-order valence-corrected chi connectivity index (χ1v) is 11.8. The van der Waals surface area contributed by atoms with Crippen molar-refractivity contribution in [3.63, 3.8) is 0 Å². The summed E-state index contributed by atoms with van der Waals surface area (Å²) in [5, 5.41) is 3.12. The van der Waals surface area contributed by atoms with Gasteiger partial charge < -0.3 is 9.73 Å². The van der Waals surface area contributed by atoms with E-state index in [1.165, 1.54) is 36.3 Å². The Balaban J connectivity index is 1.38. The minimum absolute atomic E-state index is 0.0122. The third kappa shape index (κ3) is 4.73. The zero-order valence-electron chi connectivity index (χ0n) is 15.4. The summed E-state index contributed by atoms with van der Waals surface area (Å²) in [5.41, 5.74) is 2.03. The van der Waals surface area contributed by atoms with Gasteiger partial charge in [-0.25, -0.2) is 0 Å². The second-order valence-electron chi connectivity index (χ2n) is 7.03. The lowest BCUT2D eigenvalue weighted by atomic mass is 10.1. The summed E-state index contributed by atoms with van der Waals surface area (Å²) < 4.78 is 6.18. The highest BCUT2D eigenvalue weighted by molar-refractivity contribution is 8.19. The standard InChI is InChI=1S/C21H26N2O2S2/c24-20(16-6-8-17(9-7-16)21-26-13-14-27-21)22-15-18(19-5-4-12-25-19)23-10-2-1-3-11-23/h4-9,12,18,21H,1-3,10-11,13-15H2,(H,22,24). The molecule has 6 heteroatoms. The normalized spacial score (nSPS) is 19.9. The number of rotatable bonds is 6. The highest BCUT2D eigenvalue weighted by atomic mass is 32.2. The van der Waals surface area contributed by atoms with Gasteiger partial charge in [0, 0.05) is 23.6 Å². The number of likely N-dealkylation sites (tertiary alicyclic amines) is 1. The maximum absolute atomic E-state index is 12.7. The average molecular weight is 403 g/mol. The molecule has 0 spiro atoms. The summed E-state index contributed by atoms with van der Waals surface area (Å²) in [6.07, 6.45) is 5.43. The highest BCUT2D eigenvalue weighted by Crippen LogP contribution is 2.45. The molecule has 0 saturated carbocycles. The Morgan fingerprint density at radius 3 is 2.52 bits per heavy atom. The van der Waals surface area contributed by atoms with Crippen molar-refractivity contribution in [3.8, 4) is 0 Å². The van der Waals surface area contributed by atoms with Crippen molar-refractivity contribution in [1.29, 1.82) is 0 Å². The molecular formula is C21H26N2O2S2. The molecule has 2 aromatic rings. The lowest BCUT2D eigenvalue weighted by molar-refractivity contribution is 0.0914. The van der Waals surface area contributed by atoms with Crippen molar-refractivity contribution in [3.05, 3.63) is 59.5 Å². The molecule has 1 unspecified atom stereocenters. The van der Waals surface area contributed by atoms with E-state index < -0.39 is 0 Å². The molecule has 0 radical (unpaired) electrons. The third-order valence-electron chi connectivity index (χ3n) is 5.23. The van der Waals surface area contributed by atoms with Gasteiger partial charge in [-0.05, 0) is 55.8 Å². The quantitative estimate of drug-likeness (QED) is 0.758. The van der Waals surface area contributed by atoms with E-state index in [1.807, 2.05) is 47.8 Å². The molecule has 1 aromatic heterocycles. The van der Waals surface area contributed by atoms with E-state index in [0.717, 1.165) is 24.4 Å². The number of carbonyl (C=O) groups excluding carboxylic acids is 1. The topological polar surface area (TPSA) is 45.5 Å². The maximum atomic E-state index is 12.7. The van der Waals surface area contributed by atoms with Gasteiger partial charge in [0.15, 0.2) is 0 Å². The molecule has 2 saturated heterocycles. The molecule has 4 rings (SSSR count). The molecule has 2 aliphatic rings. The Bertz CT molecular complexity index is 721. The van der Waals surface area contributed by atoms with E-state index in [0.29, 0.717) is 11.1 Å². The van der Waals surface area contributed by atoms with Crippen molar-refractivity contribution in [1.82, 2.24) is 10.2 Å². The number of nitrogens with one attached hydrogen (secondary N) is 1. The number of carbonyl (C=O) groups is 1. The van der Waals surface area contributed by atoms with Gasteiger partial charge in [0.05, 0.1) is 16.9 Å².